The molecule has 2 unspecified atom stereocenters. The Morgan fingerprint density at radius 1 is 1.14 bits per heavy atom. The van der Waals surface area contributed by atoms with Crippen LogP contribution in [-0.2, 0) is 24.2 Å². The number of hydrogen-bond donors (Lipinski definition) is 1. The van der Waals surface area contributed by atoms with E-state index in [1.165, 1.54) is 31.3 Å². The smallest absolute Gasteiger partial charge is 0.312 e. The SMILES string of the molecule is COCCN(C(=O)C(=O)NC(C)C12CC3CC(CC(C3)C1)C2)C1CCS(=O)(=O)C1. The van der Waals surface area contributed by atoms with Gasteiger partial charge in [-0.3, -0.25) is 9.59 Å². The van der Waals surface area contributed by atoms with E-state index in [0.29, 0.717) is 6.42 Å². The fraction of sp³-hybridized carbons (Fsp3) is 0.905. The first-order chi connectivity index (χ1) is 13.7. The average Bonchev–Trinajstić information content (AvgIpc) is 3.00. The number of hydrogen-bond acceptors (Lipinski definition) is 5. The third-order valence-corrected chi connectivity index (χ3v) is 9.74. The number of carbonyl (C=O) groups excluding carboxylic acids is 2. The number of ether oxygens (including phenoxy) is 1. The summed E-state index contributed by atoms with van der Waals surface area (Å²) in [5, 5.41) is 3.02. The molecule has 1 aliphatic heterocycles. The van der Waals surface area contributed by atoms with Crippen molar-refractivity contribution in [2.45, 2.75) is 64.0 Å². The van der Waals surface area contributed by atoms with Crippen LogP contribution in [0.25, 0.3) is 0 Å². The summed E-state index contributed by atoms with van der Waals surface area (Å²) in [6.07, 6.45) is 7.85. The average molecular weight is 427 g/mol. The Morgan fingerprint density at radius 3 is 2.21 bits per heavy atom. The molecule has 29 heavy (non-hydrogen) atoms. The lowest BCUT2D eigenvalue weighted by atomic mass is 9.48. The van der Waals surface area contributed by atoms with Crippen LogP contribution in [0.5, 0.6) is 0 Å². The molecule has 0 aromatic heterocycles. The van der Waals surface area contributed by atoms with Gasteiger partial charge >= 0.3 is 11.8 Å². The van der Waals surface area contributed by atoms with Crippen LogP contribution in [0.1, 0.15) is 51.9 Å². The van der Waals surface area contributed by atoms with Crippen molar-refractivity contribution in [1.29, 1.82) is 0 Å². The zero-order chi connectivity index (χ0) is 20.8. The molecule has 2 amide bonds. The van der Waals surface area contributed by atoms with Crippen LogP contribution in [0.3, 0.4) is 0 Å². The molecule has 0 aromatic rings. The summed E-state index contributed by atoms with van der Waals surface area (Å²) < 4.78 is 28.8. The Labute approximate surface area is 173 Å². The molecule has 1 saturated heterocycles. The van der Waals surface area contributed by atoms with Crippen molar-refractivity contribution in [2.24, 2.45) is 23.2 Å². The lowest BCUT2D eigenvalue weighted by Gasteiger charge is -2.59. The quantitative estimate of drug-likeness (QED) is 0.648. The second-order valence-electron chi connectivity index (χ2n) is 10.0. The highest BCUT2D eigenvalue weighted by Gasteiger charge is 2.53. The number of carbonyl (C=O) groups is 2. The third kappa shape index (κ3) is 4.20. The molecule has 0 aromatic carbocycles. The Balaban J connectivity index is 1.42. The highest BCUT2D eigenvalue weighted by atomic mass is 32.2. The fourth-order valence-electron chi connectivity index (χ4n) is 6.91. The van der Waals surface area contributed by atoms with E-state index >= 15 is 0 Å². The van der Waals surface area contributed by atoms with Crippen LogP contribution >= 0.6 is 0 Å². The number of sulfone groups is 1. The molecule has 0 spiro atoms. The van der Waals surface area contributed by atoms with E-state index < -0.39 is 27.7 Å². The van der Waals surface area contributed by atoms with Gasteiger partial charge in [0.25, 0.3) is 0 Å². The Hall–Kier alpha value is -1.15. The van der Waals surface area contributed by atoms with Crippen LogP contribution in [0, 0.1) is 23.2 Å². The summed E-state index contributed by atoms with van der Waals surface area (Å²) in [5.41, 5.74) is 0.124. The summed E-state index contributed by atoms with van der Waals surface area (Å²) in [6.45, 7) is 2.56. The van der Waals surface area contributed by atoms with Crippen molar-refractivity contribution < 1.29 is 22.7 Å². The number of nitrogens with one attached hydrogen (secondary N) is 1. The van der Waals surface area contributed by atoms with Crippen LogP contribution in [0.15, 0.2) is 0 Å². The molecule has 4 saturated carbocycles. The molecule has 4 bridgehead atoms. The van der Waals surface area contributed by atoms with Gasteiger partial charge in [-0.2, -0.15) is 0 Å². The van der Waals surface area contributed by atoms with Crippen molar-refractivity contribution in [1.82, 2.24) is 10.2 Å². The van der Waals surface area contributed by atoms with E-state index in [-0.39, 0.29) is 36.1 Å². The van der Waals surface area contributed by atoms with Crippen molar-refractivity contribution in [3.8, 4) is 0 Å². The van der Waals surface area contributed by atoms with Gasteiger partial charge in [0.15, 0.2) is 9.84 Å². The zero-order valence-electron chi connectivity index (χ0n) is 17.6. The van der Waals surface area contributed by atoms with Crippen molar-refractivity contribution in [2.75, 3.05) is 31.8 Å². The highest BCUT2D eigenvalue weighted by molar-refractivity contribution is 7.91. The predicted molar refractivity (Wildman–Crippen MR) is 109 cm³/mol. The maximum Gasteiger partial charge on any atom is 0.312 e. The molecule has 5 rings (SSSR count). The largest absolute Gasteiger partial charge is 0.383 e. The van der Waals surface area contributed by atoms with Crippen LogP contribution in [0.4, 0.5) is 0 Å². The summed E-state index contributed by atoms with van der Waals surface area (Å²) in [4.78, 5) is 27.3. The number of rotatable bonds is 6. The van der Waals surface area contributed by atoms with Crippen LogP contribution in [-0.4, -0.2) is 69.0 Å². The zero-order valence-corrected chi connectivity index (χ0v) is 18.4. The molecule has 7 nitrogen and oxygen atoms in total. The first-order valence-corrected chi connectivity index (χ1v) is 12.8. The minimum absolute atomic E-state index is 0.0380. The maximum absolute atomic E-state index is 13.0. The van der Waals surface area contributed by atoms with E-state index in [0.717, 1.165) is 37.0 Å². The van der Waals surface area contributed by atoms with Crippen LogP contribution < -0.4 is 5.32 Å². The summed E-state index contributed by atoms with van der Waals surface area (Å²) in [5.74, 6) is 1.10. The van der Waals surface area contributed by atoms with Crippen LogP contribution in [0.2, 0.25) is 0 Å². The lowest BCUT2D eigenvalue weighted by molar-refractivity contribution is -0.149. The molecule has 0 radical (unpaired) electrons. The monoisotopic (exact) mass is 426 g/mol. The predicted octanol–water partition coefficient (Wildman–Crippen LogP) is 1.37. The molecular formula is C21H34N2O5S. The molecule has 1 N–H and O–H groups in total. The van der Waals surface area contributed by atoms with Gasteiger partial charge in [-0.25, -0.2) is 8.42 Å². The van der Waals surface area contributed by atoms with Crippen molar-refractivity contribution >= 4 is 21.7 Å². The minimum Gasteiger partial charge on any atom is -0.383 e. The Bertz CT molecular complexity index is 730. The molecule has 5 fully saturated rings. The van der Waals surface area contributed by atoms with E-state index in [2.05, 4.69) is 12.2 Å². The molecular weight excluding hydrogens is 392 g/mol. The number of nitrogens with zero attached hydrogens (tertiary/aromatic N) is 1. The molecule has 5 aliphatic rings. The number of amides is 2. The maximum atomic E-state index is 13.0. The molecule has 1 heterocycles. The van der Waals surface area contributed by atoms with Gasteiger partial charge in [0.1, 0.15) is 0 Å². The molecule has 4 aliphatic carbocycles. The summed E-state index contributed by atoms with van der Waals surface area (Å²) in [7, 11) is -1.61. The van der Waals surface area contributed by atoms with Gasteiger partial charge in [-0.1, -0.05) is 0 Å². The van der Waals surface area contributed by atoms with E-state index in [4.69, 9.17) is 4.74 Å². The van der Waals surface area contributed by atoms with Crippen molar-refractivity contribution in [3.63, 3.8) is 0 Å². The second-order valence-corrected chi connectivity index (χ2v) is 12.3. The van der Waals surface area contributed by atoms with Gasteiger partial charge < -0.3 is 15.0 Å². The first-order valence-electron chi connectivity index (χ1n) is 11.0. The van der Waals surface area contributed by atoms with Crippen molar-refractivity contribution in [3.05, 3.63) is 0 Å². The topological polar surface area (TPSA) is 92.8 Å². The molecule has 164 valence electrons. The van der Waals surface area contributed by atoms with Gasteiger partial charge in [0.05, 0.1) is 18.1 Å². The standard InChI is InChI=1S/C21H34N2O5S/c1-14(21-10-15-7-16(11-21)9-17(8-15)12-21)22-19(24)20(25)23(4-5-28-2)18-3-6-29(26,27)13-18/h14-18H,3-13H2,1-2H3,(H,22,24). The van der Waals surface area contributed by atoms with E-state index in [1.54, 1.807) is 0 Å². The third-order valence-electron chi connectivity index (χ3n) is 7.99. The molecule has 8 heteroatoms. The van der Waals surface area contributed by atoms with E-state index in [1.807, 2.05) is 0 Å². The summed E-state index contributed by atoms with van der Waals surface area (Å²) >= 11 is 0. The number of methoxy groups -OCH3 is 1. The van der Waals surface area contributed by atoms with Gasteiger partial charge in [-0.15, -0.1) is 0 Å². The summed E-state index contributed by atoms with van der Waals surface area (Å²) in [6, 6.07) is -0.479. The lowest BCUT2D eigenvalue weighted by Crippen LogP contribution is -2.58. The van der Waals surface area contributed by atoms with Gasteiger partial charge in [-0.05, 0) is 75.0 Å². The first kappa shape index (κ1) is 21.1. The van der Waals surface area contributed by atoms with Gasteiger partial charge in [0.2, 0.25) is 0 Å². The second kappa shape index (κ2) is 7.84. The Morgan fingerprint density at radius 2 is 1.72 bits per heavy atom. The minimum atomic E-state index is -3.14. The normalized spacial score (nSPS) is 38.0. The molecule has 2 atom stereocenters. The van der Waals surface area contributed by atoms with E-state index in [9.17, 15) is 18.0 Å². The van der Waals surface area contributed by atoms with Gasteiger partial charge in [0, 0.05) is 25.7 Å². The Kier molecular flexibility index (Phi) is 5.70. The fourth-order valence-corrected chi connectivity index (χ4v) is 8.64. The highest BCUT2D eigenvalue weighted by Crippen LogP contribution is 2.61.